The van der Waals surface area contributed by atoms with Gasteiger partial charge in [-0.05, 0) is 23.7 Å². The van der Waals surface area contributed by atoms with Gasteiger partial charge in [0.1, 0.15) is 0 Å². The summed E-state index contributed by atoms with van der Waals surface area (Å²) in [6, 6.07) is 1.86. The third-order valence-corrected chi connectivity index (χ3v) is 1.51. The van der Waals surface area contributed by atoms with Crippen molar-refractivity contribution >= 4 is 23.6 Å². The highest BCUT2D eigenvalue weighted by Crippen LogP contribution is 1.92. The van der Waals surface area contributed by atoms with Gasteiger partial charge >= 0.3 is 0 Å². The molecule has 0 aliphatic rings. The monoisotopic (exact) mass is 129 g/mol. The molecular formula is C4H3NS2. The van der Waals surface area contributed by atoms with Gasteiger partial charge in [-0.15, -0.1) is 11.3 Å². The number of hydrogen-bond donors (Lipinski definition) is 0. The van der Waals surface area contributed by atoms with Crippen LogP contribution in [0, 0.1) is 3.95 Å². The molecule has 36 valence electrons. The van der Waals surface area contributed by atoms with Crippen LogP contribution >= 0.6 is 23.6 Å². The van der Waals surface area contributed by atoms with Crippen molar-refractivity contribution in [1.29, 1.82) is 0 Å². The predicted octanol–water partition coefficient (Wildman–Crippen LogP) is 1.87. The van der Waals surface area contributed by atoms with Crippen molar-refractivity contribution in [3.63, 3.8) is 0 Å². The molecule has 1 heterocycles. The molecule has 0 fully saturated rings. The Morgan fingerprint density at radius 1 is 1.71 bits per heavy atom. The predicted molar refractivity (Wildman–Crippen MR) is 32.9 cm³/mol. The van der Waals surface area contributed by atoms with Crippen molar-refractivity contribution in [2.75, 3.05) is 0 Å². The lowest BCUT2D eigenvalue weighted by Crippen LogP contribution is -1.60. The molecule has 0 unspecified atom stereocenters. The maximum Gasteiger partial charge on any atom is 0.180 e. The molecule has 0 aliphatic heterocycles. The zero-order valence-electron chi connectivity index (χ0n) is 3.50. The van der Waals surface area contributed by atoms with Gasteiger partial charge in [0.05, 0.1) is 0 Å². The first kappa shape index (κ1) is 4.87. The van der Waals surface area contributed by atoms with Crippen LogP contribution in [0.1, 0.15) is 0 Å². The second kappa shape index (κ2) is 2.14. The van der Waals surface area contributed by atoms with Gasteiger partial charge < -0.3 is 0 Å². The molecule has 1 rings (SSSR count). The first-order chi connectivity index (χ1) is 3.39. The normalized spacial score (nSPS) is 8.57. The largest absolute Gasteiger partial charge is 0.235 e. The summed E-state index contributed by atoms with van der Waals surface area (Å²) in [5.74, 6) is 0. The lowest BCUT2D eigenvalue weighted by atomic mass is 10.8. The highest BCUT2D eigenvalue weighted by molar-refractivity contribution is 7.73. The van der Waals surface area contributed by atoms with Gasteiger partial charge in [-0.1, -0.05) is 0 Å². The average Bonchev–Trinajstić information content (AvgIpc) is 1.69. The van der Waals surface area contributed by atoms with Gasteiger partial charge in [0, 0.05) is 6.20 Å². The van der Waals surface area contributed by atoms with Crippen LogP contribution in [0.5, 0.6) is 0 Å². The van der Waals surface area contributed by atoms with Gasteiger partial charge in [-0.2, -0.15) is 0 Å². The summed E-state index contributed by atoms with van der Waals surface area (Å²) in [5, 5.41) is 1.91. The standard InChI is InChI=1S/C4H3NS2/c6-4-5-2-1-3-7-4/h1-3H. The minimum Gasteiger partial charge on any atom is -0.235 e. The first-order valence-corrected chi connectivity index (χ1v) is 3.08. The van der Waals surface area contributed by atoms with Crippen molar-refractivity contribution in [1.82, 2.24) is 4.98 Å². The molecule has 0 saturated carbocycles. The van der Waals surface area contributed by atoms with Crippen LogP contribution in [0.3, 0.4) is 0 Å². The number of nitrogens with zero attached hydrogens (tertiary/aromatic N) is 1. The highest BCUT2D eigenvalue weighted by Gasteiger charge is 1.68. The fourth-order valence-electron chi connectivity index (χ4n) is 0.267. The number of aromatic nitrogens is 1. The minimum absolute atomic E-state index is 0.697. The molecule has 0 amide bonds. The van der Waals surface area contributed by atoms with Crippen molar-refractivity contribution in [2.45, 2.75) is 0 Å². The van der Waals surface area contributed by atoms with Gasteiger partial charge in [0.2, 0.25) is 0 Å². The van der Waals surface area contributed by atoms with Crippen molar-refractivity contribution in [3.05, 3.63) is 21.6 Å². The third-order valence-electron chi connectivity index (χ3n) is 0.513. The second-order valence-corrected chi connectivity index (χ2v) is 2.53. The van der Waals surface area contributed by atoms with Crippen molar-refractivity contribution in [3.8, 4) is 0 Å². The minimum atomic E-state index is 0.697. The Hall–Kier alpha value is -0.280. The van der Waals surface area contributed by atoms with Crippen LogP contribution in [0.25, 0.3) is 0 Å². The second-order valence-electron chi connectivity index (χ2n) is 0.990. The average molecular weight is 129 g/mol. The molecule has 0 N–H and O–H groups in total. The van der Waals surface area contributed by atoms with Gasteiger partial charge in [0.15, 0.2) is 3.95 Å². The lowest BCUT2D eigenvalue weighted by molar-refractivity contribution is 1.36. The van der Waals surface area contributed by atoms with Crippen LogP contribution in [-0.2, 0) is 0 Å². The maximum atomic E-state index is 4.72. The van der Waals surface area contributed by atoms with E-state index in [0.717, 1.165) is 0 Å². The zero-order valence-corrected chi connectivity index (χ0v) is 5.13. The topological polar surface area (TPSA) is 12.9 Å². The summed E-state index contributed by atoms with van der Waals surface area (Å²) in [7, 11) is 0. The van der Waals surface area contributed by atoms with E-state index in [1.54, 1.807) is 6.20 Å². The summed E-state index contributed by atoms with van der Waals surface area (Å²) in [6.45, 7) is 0. The smallest absolute Gasteiger partial charge is 0.180 e. The molecule has 1 nitrogen and oxygen atoms in total. The quantitative estimate of drug-likeness (QED) is 0.496. The van der Waals surface area contributed by atoms with Gasteiger partial charge in [-0.3, -0.25) is 0 Å². The van der Waals surface area contributed by atoms with Crippen LogP contribution in [0.4, 0.5) is 0 Å². The molecule has 3 heteroatoms. The molecule has 0 aliphatic carbocycles. The van der Waals surface area contributed by atoms with Crippen LogP contribution in [0.15, 0.2) is 17.6 Å². The molecule has 0 bridgehead atoms. The third kappa shape index (κ3) is 1.33. The Kier molecular flexibility index (Phi) is 1.49. The summed E-state index contributed by atoms with van der Waals surface area (Å²) >= 11 is 6.19. The van der Waals surface area contributed by atoms with E-state index in [1.807, 2.05) is 11.4 Å². The van der Waals surface area contributed by atoms with E-state index in [0.29, 0.717) is 3.95 Å². The fraction of sp³-hybridized carbons (Fsp3) is 0. The molecule has 0 saturated heterocycles. The van der Waals surface area contributed by atoms with Crippen molar-refractivity contribution < 1.29 is 0 Å². The molecule has 7 heavy (non-hydrogen) atoms. The zero-order chi connectivity index (χ0) is 5.11. The van der Waals surface area contributed by atoms with Crippen LogP contribution < -0.4 is 0 Å². The summed E-state index contributed by atoms with van der Waals surface area (Å²) in [6.07, 6.45) is 1.69. The van der Waals surface area contributed by atoms with Crippen molar-refractivity contribution in [2.24, 2.45) is 0 Å². The summed E-state index contributed by atoms with van der Waals surface area (Å²) in [5.41, 5.74) is 0. The number of rotatable bonds is 0. The SMILES string of the molecule is S=c1ncccs1. The molecule has 1 aromatic rings. The Morgan fingerprint density at radius 2 is 2.57 bits per heavy atom. The molecular weight excluding hydrogens is 126 g/mol. The van der Waals surface area contributed by atoms with E-state index >= 15 is 0 Å². The lowest BCUT2D eigenvalue weighted by Gasteiger charge is -1.72. The summed E-state index contributed by atoms with van der Waals surface area (Å²) in [4.78, 5) is 3.81. The Morgan fingerprint density at radius 3 is 2.86 bits per heavy atom. The Bertz CT molecular complexity index is 175. The molecule has 0 spiro atoms. The molecule has 0 atom stereocenters. The molecule has 0 aromatic carbocycles. The van der Waals surface area contributed by atoms with E-state index in [1.165, 1.54) is 11.3 Å². The Balaban J connectivity index is 3.28. The van der Waals surface area contributed by atoms with E-state index < -0.39 is 0 Å². The van der Waals surface area contributed by atoms with E-state index in [-0.39, 0.29) is 0 Å². The summed E-state index contributed by atoms with van der Waals surface area (Å²) < 4.78 is 0.697. The van der Waals surface area contributed by atoms with E-state index in [2.05, 4.69) is 4.98 Å². The Labute approximate surface area is 50.7 Å². The van der Waals surface area contributed by atoms with E-state index in [4.69, 9.17) is 12.2 Å². The van der Waals surface area contributed by atoms with Gasteiger partial charge in [-0.25, -0.2) is 4.98 Å². The molecule has 0 radical (unpaired) electrons. The maximum absolute atomic E-state index is 4.72. The molecule has 1 aromatic heterocycles. The van der Waals surface area contributed by atoms with Crippen LogP contribution in [-0.4, -0.2) is 4.98 Å². The number of hydrogen-bond acceptors (Lipinski definition) is 3. The van der Waals surface area contributed by atoms with E-state index in [9.17, 15) is 0 Å². The van der Waals surface area contributed by atoms with Crippen LogP contribution in [0.2, 0.25) is 0 Å². The highest BCUT2D eigenvalue weighted by atomic mass is 32.1. The van der Waals surface area contributed by atoms with Gasteiger partial charge in [0.25, 0.3) is 0 Å². The fourth-order valence-corrected chi connectivity index (χ4v) is 0.881. The first-order valence-electron chi connectivity index (χ1n) is 1.79.